The highest BCUT2D eigenvalue weighted by Gasteiger charge is 2.30. The minimum Gasteiger partial charge on any atom is -0.476 e. The van der Waals surface area contributed by atoms with Crippen LogP contribution >= 0.6 is 23.2 Å². The normalized spacial score (nSPS) is 17.5. The Bertz CT molecular complexity index is 669. The van der Waals surface area contributed by atoms with Gasteiger partial charge in [-0.05, 0) is 30.5 Å². The van der Waals surface area contributed by atoms with Crippen LogP contribution in [0, 0.1) is 0 Å². The van der Waals surface area contributed by atoms with Crippen LogP contribution in [-0.2, 0) is 6.42 Å². The van der Waals surface area contributed by atoms with Gasteiger partial charge in [0.15, 0.2) is 5.69 Å². The molecule has 5 nitrogen and oxygen atoms in total. The monoisotopic (exact) mass is 297 g/mol. The number of benzene rings is 1. The van der Waals surface area contributed by atoms with Gasteiger partial charge in [0.05, 0.1) is 21.8 Å². The lowest BCUT2D eigenvalue weighted by molar-refractivity contribution is 0.0689. The molecule has 0 radical (unpaired) electrons. The van der Waals surface area contributed by atoms with Crippen molar-refractivity contribution in [3.05, 3.63) is 45.2 Å². The first kappa shape index (κ1) is 12.4. The van der Waals surface area contributed by atoms with Gasteiger partial charge in [-0.25, -0.2) is 9.48 Å². The van der Waals surface area contributed by atoms with Crippen LogP contribution in [0.3, 0.4) is 0 Å². The molecular formula is C12H9Cl2N3O2. The number of carboxylic acids is 1. The third-order valence-electron chi connectivity index (χ3n) is 3.27. The van der Waals surface area contributed by atoms with Crippen molar-refractivity contribution < 1.29 is 9.90 Å². The van der Waals surface area contributed by atoms with Crippen LogP contribution in [0.15, 0.2) is 18.2 Å². The molecule has 0 spiro atoms. The van der Waals surface area contributed by atoms with Crippen molar-refractivity contribution in [1.82, 2.24) is 15.0 Å². The zero-order valence-electron chi connectivity index (χ0n) is 9.68. The molecule has 1 atom stereocenters. The fourth-order valence-electron chi connectivity index (χ4n) is 2.39. The van der Waals surface area contributed by atoms with Gasteiger partial charge >= 0.3 is 5.97 Å². The predicted octanol–water partition coefficient (Wildman–Crippen LogP) is 2.82. The smallest absolute Gasteiger partial charge is 0.358 e. The van der Waals surface area contributed by atoms with Gasteiger partial charge in [0, 0.05) is 0 Å². The molecule has 3 rings (SSSR count). The topological polar surface area (TPSA) is 68.0 Å². The van der Waals surface area contributed by atoms with Crippen LogP contribution in [0.5, 0.6) is 0 Å². The molecule has 0 amide bonds. The fourth-order valence-corrected chi connectivity index (χ4v) is 2.69. The van der Waals surface area contributed by atoms with Crippen LogP contribution in [0.25, 0.3) is 0 Å². The van der Waals surface area contributed by atoms with Gasteiger partial charge in [0.2, 0.25) is 0 Å². The second kappa shape index (κ2) is 4.51. The Labute approximate surface area is 118 Å². The Hall–Kier alpha value is -1.59. The number of hydrogen-bond acceptors (Lipinski definition) is 3. The van der Waals surface area contributed by atoms with Gasteiger partial charge in [-0.1, -0.05) is 34.5 Å². The molecule has 1 aliphatic heterocycles. The highest BCUT2D eigenvalue weighted by molar-refractivity contribution is 6.42. The van der Waals surface area contributed by atoms with E-state index in [4.69, 9.17) is 28.3 Å². The molecule has 0 saturated carbocycles. The zero-order chi connectivity index (χ0) is 13.6. The molecule has 2 aromatic rings. The number of aromatic carboxylic acids is 1. The fraction of sp³-hybridized carbons (Fsp3) is 0.250. The SMILES string of the molecule is O=C(O)c1nnn2c1CCC2c1ccc(Cl)c(Cl)c1. The maximum atomic E-state index is 11.0. The molecule has 98 valence electrons. The van der Waals surface area contributed by atoms with Gasteiger partial charge in [-0.3, -0.25) is 0 Å². The van der Waals surface area contributed by atoms with E-state index in [-0.39, 0.29) is 11.7 Å². The van der Waals surface area contributed by atoms with Crippen LogP contribution in [0.1, 0.15) is 34.2 Å². The van der Waals surface area contributed by atoms with E-state index in [0.29, 0.717) is 22.2 Å². The van der Waals surface area contributed by atoms with E-state index >= 15 is 0 Å². The van der Waals surface area contributed by atoms with Crippen LogP contribution in [-0.4, -0.2) is 26.1 Å². The van der Waals surface area contributed by atoms with Gasteiger partial charge < -0.3 is 5.11 Å². The summed E-state index contributed by atoms with van der Waals surface area (Å²) in [5.41, 5.74) is 1.64. The number of aromatic nitrogens is 3. The van der Waals surface area contributed by atoms with Crippen molar-refractivity contribution in [3.63, 3.8) is 0 Å². The summed E-state index contributed by atoms with van der Waals surface area (Å²) in [5.74, 6) is -1.05. The van der Waals surface area contributed by atoms with E-state index in [1.54, 1.807) is 16.8 Å². The molecule has 7 heteroatoms. The summed E-state index contributed by atoms with van der Waals surface area (Å²) in [6, 6.07) is 5.35. The number of rotatable bonds is 2. The third kappa shape index (κ3) is 1.99. The zero-order valence-corrected chi connectivity index (χ0v) is 11.2. The number of carbonyl (C=O) groups is 1. The number of halogens is 2. The maximum Gasteiger partial charge on any atom is 0.358 e. The molecule has 0 aliphatic carbocycles. The molecule has 0 saturated heterocycles. The molecule has 2 heterocycles. The van der Waals surface area contributed by atoms with E-state index < -0.39 is 5.97 Å². The van der Waals surface area contributed by atoms with E-state index in [1.807, 2.05) is 6.07 Å². The lowest BCUT2D eigenvalue weighted by Gasteiger charge is -2.12. The molecule has 1 unspecified atom stereocenters. The molecule has 1 aliphatic rings. The van der Waals surface area contributed by atoms with Gasteiger partial charge in [-0.15, -0.1) is 5.10 Å². The quantitative estimate of drug-likeness (QED) is 0.925. The highest BCUT2D eigenvalue weighted by Crippen LogP contribution is 2.34. The van der Waals surface area contributed by atoms with E-state index in [1.165, 1.54) is 0 Å². The summed E-state index contributed by atoms with van der Waals surface area (Å²) < 4.78 is 1.66. The van der Waals surface area contributed by atoms with Gasteiger partial charge in [0.25, 0.3) is 0 Å². The Balaban J connectivity index is 2.02. The first-order valence-electron chi connectivity index (χ1n) is 5.70. The van der Waals surface area contributed by atoms with Crippen LogP contribution in [0.4, 0.5) is 0 Å². The van der Waals surface area contributed by atoms with Crippen molar-refractivity contribution in [1.29, 1.82) is 0 Å². The van der Waals surface area contributed by atoms with Gasteiger partial charge in [-0.2, -0.15) is 0 Å². The Morgan fingerprint density at radius 1 is 1.37 bits per heavy atom. The standard InChI is InChI=1S/C12H9Cl2N3O2/c13-7-2-1-6(5-8(7)14)9-3-4-10-11(12(18)19)15-16-17(9)10/h1-2,5,9H,3-4H2,(H,18,19). The number of carboxylic acid groups (broad SMARTS) is 1. The molecule has 0 fully saturated rings. The average molecular weight is 298 g/mol. The minimum absolute atomic E-state index is 0.0301. The molecule has 19 heavy (non-hydrogen) atoms. The van der Waals surface area contributed by atoms with Crippen LogP contribution < -0.4 is 0 Å². The molecule has 1 aromatic heterocycles. The number of fused-ring (bicyclic) bond motifs is 1. The summed E-state index contributed by atoms with van der Waals surface area (Å²) in [6.07, 6.45) is 1.42. The van der Waals surface area contributed by atoms with Crippen molar-refractivity contribution >= 4 is 29.2 Å². The molecular weight excluding hydrogens is 289 g/mol. The van der Waals surface area contributed by atoms with E-state index in [9.17, 15) is 4.79 Å². The predicted molar refractivity (Wildman–Crippen MR) is 69.9 cm³/mol. The second-order valence-corrected chi connectivity index (χ2v) is 5.18. The highest BCUT2D eigenvalue weighted by atomic mass is 35.5. The lowest BCUT2D eigenvalue weighted by Crippen LogP contribution is -2.07. The minimum atomic E-state index is -1.05. The lowest BCUT2D eigenvalue weighted by atomic mass is 10.1. The molecule has 0 bridgehead atoms. The van der Waals surface area contributed by atoms with Crippen molar-refractivity contribution in [2.75, 3.05) is 0 Å². The van der Waals surface area contributed by atoms with E-state index in [0.717, 1.165) is 12.0 Å². The largest absolute Gasteiger partial charge is 0.476 e. The Kier molecular flexibility index (Phi) is 2.95. The maximum absolute atomic E-state index is 11.0. The Morgan fingerprint density at radius 3 is 2.84 bits per heavy atom. The third-order valence-corrected chi connectivity index (χ3v) is 4.01. The molecule has 1 N–H and O–H groups in total. The van der Waals surface area contributed by atoms with Gasteiger partial charge in [0.1, 0.15) is 0 Å². The first-order valence-corrected chi connectivity index (χ1v) is 6.46. The summed E-state index contributed by atoms with van der Waals surface area (Å²) >= 11 is 11.9. The van der Waals surface area contributed by atoms with E-state index in [2.05, 4.69) is 10.3 Å². The van der Waals surface area contributed by atoms with Crippen molar-refractivity contribution in [2.45, 2.75) is 18.9 Å². The first-order chi connectivity index (χ1) is 9.08. The Morgan fingerprint density at radius 2 is 2.16 bits per heavy atom. The summed E-state index contributed by atoms with van der Waals surface area (Å²) in [4.78, 5) is 11.0. The van der Waals surface area contributed by atoms with Crippen molar-refractivity contribution in [2.24, 2.45) is 0 Å². The average Bonchev–Trinajstić information content (AvgIpc) is 2.93. The number of nitrogens with zero attached hydrogens (tertiary/aromatic N) is 3. The van der Waals surface area contributed by atoms with Crippen LogP contribution in [0.2, 0.25) is 10.0 Å². The van der Waals surface area contributed by atoms with Crippen molar-refractivity contribution in [3.8, 4) is 0 Å². The summed E-state index contributed by atoms with van der Waals surface area (Å²) in [7, 11) is 0. The second-order valence-electron chi connectivity index (χ2n) is 4.36. The summed E-state index contributed by atoms with van der Waals surface area (Å²) in [5, 5.41) is 17.6. The summed E-state index contributed by atoms with van der Waals surface area (Å²) in [6.45, 7) is 0. The number of hydrogen-bond donors (Lipinski definition) is 1. The molecule has 1 aromatic carbocycles.